The normalized spacial score (nSPS) is 11.7. The maximum atomic E-state index is 12.6. The van der Waals surface area contributed by atoms with Gasteiger partial charge in [-0.25, -0.2) is 0 Å². The molecule has 1 aromatic carbocycles. The van der Waals surface area contributed by atoms with Crippen LogP contribution in [0.4, 0.5) is 5.82 Å². The van der Waals surface area contributed by atoms with Crippen LogP contribution in [0.2, 0.25) is 0 Å². The van der Waals surface area contributed by atoms with E-state index in [0.29, 0.717) is 17.9 Å². The van der Waals surface area contributed by atoms with E-state index in [4.69, 9.17) is 0 Å². The van der Waals surface area contributed by atoms with E-state index in [1.165, 1.54) is 6.20 Å². The van der Waals surface area contributed by atoms with Gasteiger partial charge >= 0.3 is 0 Å². The molecule has 8 heteroatoms. The van der Waals surface area contributed by atoms with E-state index < -0.39 is 6.04 Å². The standard InChI is InChI=1S/C17H18N6O2/c24-15(8-12-23-11-4-9-19-23)21-16(13-5-2-1-3-6-13)17(25)20-14-7-10-18-22-14/h1-7,9-11,16H,8,12H2,(H,21,24)(H2,18,20,22,25)/t16-/m0/s1. The SMILES string of the molecule is O=C(CCn1cccn1)N[C@H](C(=O)Nc1ccn[nH]1)c1ccccc1. The second-order valence-electron chi connectivity index (χ2n) is 5.39. The fourth-order valence-electron chi connectivity index (χ4n) is 2.36. The first-order valence-electron chi connectivity index (χ1n) is 7.84. The third-order valence-electron chi connectivity index (χ3n) is 3.59. The van der Waals surface area contributed by atoms with Crippen molar-refractivity contribution in [3.8, 4) is 0 Å². The number of anilines is 1. The molecule has 3 N–H and O–H groups in total. The van der Waals surface area contributed by atoms with E-state index in [2.05, 4.69) is 25.9 Å². The van der Waals surface area contributed by atoms with Gasteiger partial charge in [-0.05, 0) is 11.6 Å². The van der Waals surface area contributed by atoms with E-state index in [-0.39, 0.29) is 18.2 Å². The fourth-order valence-corrected chi connectivity index (χ4v) is 2.36. The number of H-pyrrole nitrogens is 1. The van der Waals surface area contributed by atoms with Crippen molar-refractivity contribution in [1.29, 1.82) is 0 Å². The van der Waals surface area contributed by atoms with E-state index >= 15 is 0 Å². The third-order valence-corrected chi connectivity index (χ3v) is 3.59. The molecular weight excluding hydrogens is 320 g/mol. The van der Waals surface area contributed by atoms with E-state index in [1.807, 2.05) is 18.2 Å². The number of nitrogens with one attached hydrogen (secondary N) is 3. The Kier molecular flexibility index (Phi) is 5.20. The van der Waals surface area contributed by atoms with E-state index in [1.54, 1.807) is 41.3 Å². The number of hydrogen-bond acceptors (Lipinski definition) is 4. The lowest BCUT2D eigenvalue weighted by atomic mass is 10.1. The van der Waals surface area contributed by atoms with Gasteiger partial charge in [-0.3, -0.25) is 19.4 Å². The van der Waals surface area contributed by atoms with E-state index in [0.717, 1.165) is 0 Å². The monoisotopic (exact) mass is 338 g/mol. The average Bonchev–Trinajstić information content (AvgIpc) is 3.32. The number of hydrogen-bond donors (Lipinski definition) is 3. The van der Waals surface area contributed by atoms with Gasteiger partial charge in [0.2, 0.25) is 5.91 Å². The molecule has 3 rings (SSSR count). The number of carbonyl (C=O) groups is 2. The van der Waals surface area contributed by atoms with Crippen molar-refractivity contribution in [3.63, 3.8) is 0 Å². The Morgan fingerprint density at radius 2 is 1.96 bits per heavy atom. The highest BCUT2D eigenvalue weighted by molar-refractivity contribution is 5.97. The van der Waals surface area contributed by atoms with Crippen LogP contribution in [0.1, 0.15) is 18.0 Å². The zero-order valence-electron chi connectivity index (χ0n) is 13.4. The van der Waals surface area contributed by atoms with Crippen LogP contribution in [0.5, 0.6) is 0 Å². The summed E-state index contributed by atoms with van der Waals surface area (Å²) in [5.74, 6) is -0.108. The Morgan fingerprint density at radius 3 is 2.64 bits per heavy atom. The minimum absolute atomic E-state index is 0.225. The first-order valence-corrected chi connectivity index (χ1v) is 7.84. The van der Waals surface area contributed by atoms with Crippen molar-refractivity contribution in [1.82, 2.24) is 25.3 Å². The lowest BCUT2D eigenvalue weighted by Gasteiger charge is -2.18. The zero-order valence-corrected chi connectivity index (χ0v) is 13.4. The van der Waals surface area contributed by atoms with Crippen molar-refractivity contribution in [3.05, 3.63) is 66.6 Å². The van der Waals surface area contributed by atoms with Crippen molar-refractivity contribution in [2.75, 3.05) is 5.32 Å². The van der Waals surface area contributed by atoms with Crippen molar-refractivity contribution in [2.45, 2.75) is 19.0 Å². The third kappa shape index (κ3) is 4.54. The molecule has 2 heterocycles. The first-order chi connectivity index (χ1) is 12.2. The number of aromatic amines is 1. The minimum Gasteiger partial charge on any atom is -0.340 e. The van der Waals surface area contributed by atoms with Gasteiger partial charge in [0.05, 0.1) is 6.20 Å². The smallest absolute Gasteiger partial charge is 0.252 e. The molecule has 0 aliphatic heterocycles. The number of aryl methyl sites for hydroxylation is 1. The van der Waals surface area contributed by atoms with Crippen LogP contribution < -0.4 is 10.6 Å². The molecule has 0 fully saturated rings. The molecule has 0 unspecified atom stereocenters. The molecule has 0 saturated heterocycles. The summed E-state index contributed by atoms with van der Waals surface area (Å²) in [6.45, 7) is 0.447. The Morgan fingerprint density at radius 1 is 1.12 bits per heavy atom. The van der Waals surface area contributed by atoms with Gasteiger partial charge in [-0.1, -0.05) is 30.3 Å². The number of amides is 2. The summed E-state index contributed by atoms with van der Waals surface area (Å²) in [6.07, 6.45) is 5.20. The lowest BCUT2D eigenvalue weighted by molar-refractivity contribution is -0.126. The highest BCUT2D eigenvalue weighted by atomic mass is 16.2. The van der Waals surface area contributed by atoms with Crippen molar-refractivity contribution >= 4 is 17.6 Å². The largest absolute Gasteiger partial charge is 0.340 e. The molecule has 1 atom stereocenters. The van der Waals surface area contributed by atoms with Crippen LogP contribution in [-0.4, -0.2) is 31.8 Å². The number of aromatic nitrogens is 4. The number of carbonyl (C=O) groups excluding carboxylic acids is 2. The van der Waals surface area contributed by atoms with Gasteiger partial charge in [0, 0.05) is 31.4 Å². The Bertz CT molecular complexity index is 799. The molecule has 0 saturated carbocycles. The molecule has 0 radical (unpaired) electrons. The maximum Gasteiger partial charge on any atom is 0.252 e. The summed E-state index contributed by atoms with van der Waals surface area (Å²) in [6, 6.07) is 11.7. The second-order valence-corrected chi connectivity index (χ2v) is 5.39. The van der Waals surface area contributed by atoms with Crippen LogP contribution in [0.15, 0.2) is 61.1 Å². The first kappa shape index (κ1) is 16.4. The number of benzene rings is 1. The Hall–Kier alpha value is -3.42. The molecule has 2 aromatic heterocycles. The molecule has 2 amide bonds. The van der Waals surface area contributed by atoms with Gasteiger partial charge < -0.3 is 10.6 Å². The summed E-state index contributed by atoms with van der Waals surface area (Å²) in [7, 11) is 0. The summed E-state index contributed by atoms with van der Waals surface area (Å²) in [4.78, 5) is 24.9. The lowest BCUT2D eigenvalue weighted by Crippen LogP contribution is -2.37. The number of rotatable bonds is 7. The minimum atomic E-state index is -0.797. The van der Waals surface area contributed by atoms with Crippen molar-refractivity contribution < 1.29 is 9.59 Å². The Balaban J connectivity index is 1.67. The van der Waals surface area contributed by atoms with Crippen LogP contribution in [0.25, 0.3) is 0 Å². The highest BCUT2D eigenvalue weighted by Gasteiger charge is 2.23. The van der Waals surface area contributed by atoms with Gasteiger partial charge in [0.25, 0.3) is 5.91 Å². The molecule has 8 nitrogen and oxygen atoms in total. The summed E-state index contributed by atoms with van der Waals surface area (Å²) in [5.41, 5.74) is 0.701. The molecule has 0 bridgehead atoms. The molecule has 3 aromatic rings. The summed E-state index contributed by atoms with van der Waals surface area (Å²) < 4.78 is 1.67. The predicted octanol–water partition coefficient (Wildman–Crippen LogP) is 1.49. The molecule has 25 heavy (non-hydrogen) atoms. The van der Waals surface area contributed by atoms with Gasteiger partial charge in [-0.2, -0.15) is 10.2 Å². The van der Waals surface area contributed by atoms with Gasteiger partial charge in [0.1, 0.15) is 11.9 Å². The van der Waals surface area contributed by atoms with Gasteiger partial charge in [-0.15, -0.1) is 0 Å². The zero-order chi connectivity index (χ0) is 17.5. The molecule has 0 aliphatic carbocycles. The van der Waals surface area contributed by atoms with E-state index in [9.17, 15) is 9.59 Å². The quantitative estimate of drug-likeness (QED) is 0.607. The van der Waals surface area contributed by atoms with Crippen LogP contribution >= 0.6 is 0 Å². The molecule has 0 aliphatic rings. The Labute approximate surface area is 144 Å². The molecule has 0 spiro atoms. The topological polar surface area (TPSA) is 105 Å². The summed E-state index contributed by atoms with van der Waals surface area (Å²) in [5, 5.41) is 16.0. The molecular formula is C17H18N6O2. The van der Waals surface area contributed by atoms with Crippen LogP contribution in [0, 0.1) is 0 Å². The van der Waals surface area contributed by atoms with Crippen molar-refractivity contribution in [2.24, 2.45) is 0 Å². The highest BCUT2D eigenvalue weighted by Crippen LogP contribution is 2.15. The summed E-state index contributed by atoms with van der Waals surface area (Å²) >= 11 is 0. The molecule has 128 valence electrons. The van der Waals surface area contributed by atoms with Gasteiger partial charge in [0.15, 0.2) is 0 Å². The second kappa shape index (κ2) is 7.91. The predicted molar refractivity (Wildman–Crippen MR) is 91.4 cm³/mol. The maximum absolute atomic E-state index is 12.6. The average molecular weight is 338 g/mol. The fraction of sp³-hybridized carbons (Fsp3) is 0.176. The van der Waals surface area contributed by atoms with Crippen LogP contribution in [-0.2, 0) is 16.1 Å². The van der Waals surface area contributed by atoms with Crippen LogP contribution in [0.3, 0.4) is 0 Å². The number of nitrogens with zero attached hydrogens (tertiary/aromatic N) is 3.